The highest BCUT2D eigenvalue weighted by Crippen LogP contribution is 2.34. The van der Waals surface area contributed by atoms with Crippen LogP contribution in [0.1, 0.15) is 53.1 Å². The third kappa shape index (κ3) is 4.56. The van der Waals surface area contributed by atoms with Gasteiger partial charge >= 0.3 is 12.1 Å². The molecule has 3 rings (SSSR count). The lowest BCUT2D eigenvalue weighted by Crippen LogP contribution is -2.43. The lowest BCUT2D eigenvalue weighted by molar-refractivity contribution is -0.174. The highest BCUT2D eigenvalue weighted by atomic mass is 35.5. The van der Waals surface area contributed by atoms with Crippen LogP contribution in [0, 0.1) is 0 Å². The molecule has 0 aliphatic carbocycles. The molecular formula is C22H20Cl2N2O6. The molecule has 32 heavy (non-hydrogen) atoms. The van der Waals surface area contributed by atoms with Crippen molar-refractivity contribution in [1.82, 2.24) is 9.96 Å². The molecule has 1 unspecified atom stereocenters. The molecule has 1 aliphatic heterocycles. The number of halogens is 2. The Labute approximate surface area is 194 Å². The fourth-order valence-electron chi connectivity index (χ4n) is 3.05. The van der Waals surface area contributed by atoms with Crippen molar-refractivity contribution >= 4 is 47.1 Å². The Kier molecular flexibility index (Phi) is 6.48. The maximum Gasteiger partial charge on any atom is 0.411 e. The zero-order chi connectivity index (χ0) is 23.8. The van der Waals surface area contributed by atoms with Crippen LogP contribution in [0.3, 0.4) is 0 Å². The van der Waals surface area contributed by atoms with E-state index in [9.17, 15) is 19.2 Å². The number of hydrogen-bond acceptors (Lipinski definition) is 6. The van der Waals surface area contributed by atoms with Gasteiger partial charge in [0.1, 0.15) is 5.60 Å². The minimum absolute atomic E-state index is 0.00823. The van der Waals surface area contributed by atoms with Crippen molar-refractivity contribution in [1.29, 1.82) is 0 Å². The Bertz CT molecular complexity index is 1080. The molecule has 8 nitrogen and oxygen atoms in total. The molecule has 0 radical (unpaired) electrons. The van der Waals surface area contributed by atoms with Gasteiger partial charge in [-0.3, -0.25) is 14.5 Å². The van der Waals surface area contributed by atoms with Crippen LogP contribution in [0.15, 0.2) is 42.5 Å². The van der Waals surface area contributed by atoms with Gasteiger partial charge in [-0.2, -0.15) is 0 Å². The van der Waals surface area contributed by atoms with Crippen LogP contribution < -0.4 is 0 Å². The molecule has 1 aliphatic rings. The van der Waals surface area contributed by atoms with Crippen molar-refractivity contribution in [2.45, 2.75) is 32.4 Å². The van der Waals surface area contributed by atoms with Crippen LogP contribution in [-0.2, 0) is 14.4 Å². The molecule has 2 aromatic carbocycles. The fourth-order valence-corrected chi connectivity index (χ4v) is 3.47. The summed E-state index contributed by atoms with van der Waals surface area (Å²) in [6.45, 7) is 4.99. The molecule has 168 valence electrons. The zero-order valence-corrected chi connectivity index (χ0v) is 19.2. The Hall–Kier alpha value is -3.10. The molecule has 10 heteroatoms. The Morgan fingerprint density at radius 3 is 2.06 bits per heavy atom. The van der Waals surface area contributed by atoms with Gasteiger partial charge in [0, 0.05) is 12.6 Å². The molecule has 1 atom stereocenters. The number of amides is 3. The van der Waals surface area contributed by atoms with Gasteiger partial charge in [-0.25, -0.2) is 9.59 Å². The predicted octanol–water partition coefficient (Wildman–Crippen LogP) is 4.66. The van der Waals surface area contributed by atoms with Crippen molar-refractivity contribution in [3.63, 3.8) is 0 Å². The minimum Gasteiger partial charge on any atom is -0.444 e. The monoisotopic (exact) mass is 478 g/mol. The van der Waals surface area contributed by atoms with Crippen molar-refractivity contribution in [3.05, 3.63) is 69.2 Å². The van der Waals surface area contributed by atoms with Crippen LogP contribution in [0.25, 0.3) is 0 Å². The maximum atomic E-state index is 13.2. The lowest BCUT2D eigenvalue weighted by Gasteiger charge is -2.30. The second-order valence-electron chi connectivity index (χ2n) is 8.00. The number of carbonyl (C=O) groups is 4. The molecular weight excluding hydrogens is 459 g/mol. The summed E-state index contributed by atoms with van der Waals surface area (Å²) < 4.78 is 5.34. The van der Waals surface area contributed by atoms with E-state index in [1.807, 2.05) is 0 Å². The molecule has 2 aromatic rings. The number of likely N-dealkylation sites (N-methyl/N-ethyl adjacent to an activating group) is 1. The van der Waals surface area contributed by atoms with Gasteiger partial charge in [0.25, 0.3) is 11.8 Å². The molecule has 0 aromatic heterocycles. The molecule has 0 N–H and O–H groups in total. The van der Waals surface area contributed by atoms with Gasteiger partial charge in [0.05, 0.1) is 21.2 Å². The quantitative estimate of drug-likeness (QED) is 0.593. The van der Waals surface area contributed by atoms with Gasteiger partial charge in [0.2, 0.25) is 0 Å². The van der Waals surface area contributed by atoms with E-state index in [0.29, 0.717) is 5.06 Å². The van der Waals surface area contributed by atoms with E-state index in [0.717, 1.165) is 4.90 Å². The second-order valence-corrected chi connectivity index (χ2v) is 8.78. The van der Waals surface area contributed by atoms with Crippen molar-refractivity contribution < 1.29 is 28.8 Å². The standard InChI is InChI=1S/C22H20Cl2N2O6/c1-22(2,3)31-21(30)25(4)17(14-10-7-11-15(23)16(14)24)20(29)32-26-18(27)12-8-5-6-9-13(12)19(26)28/h5-11,17H,1-4H3. The zero-order valence-electron chi connectivity index (χ0n) is 17.7. The average molecular weight is 479 g/mol. The molecule has 0 saturated carbocycles. The van der Waals surface area contributed by atoms with E-state index >= 15 is 0 Å². The first-order valence-corrected chi connectivity index (χ1v) is 10.3. The van der Waals surface area contributed by atoms with Crippen LogP contribution in [0.4, 0.5) is 4.79 Å². The van der Waals surface area contributed by atoms with Crippen LogP contribution in [-0.4, -0.2) is 46.5 Å². The van der Waals surface area contributed by atoms with Gasteiger partial charge in [-0.15, -0.1) is 0 Å². The van der Waals surface area contributed by atoms with Gasteiger partial charge in [-0.1, -0.05) is 52.5 Å². The average Bonchev–Trinajstić information content (AvgIpc) is 2.95. The summed E-state index contributed by atoms with van der Waals surface area (Å²) in [7, 11) is 1.31. The van der Waals surface area contributed by atoms with E-state index in [1.165, 1.54) is 37.4 Å². The van der Waals surface area contributed by atoms with Gasteiger partial charge in [-0.05, 0) is 39.0 Å². The van der Waals surface area contributed by atoms with Gasteiger partial charge < -0.3 is 9.57 Å². The van der Waals surface area contributed by atoms with E-state index in [1.54, 1.807) is 32.9 Å². The third-order valence-corrected chi connectivity index (χ3v) is 5.34. The summed E-state index contributed by atoms with van der Waals surface area (Å²) in [5.41, 5.74) is -0.513. The summed E-state index contributed by atoms with van der Waals surface area (Å²) in [4.78, 5) is 57.2. The highest BCUT2D eigenvalue weighted by molar-refractivity contribution is 6.42. The highest BCUT2D eigenvalue weighted by Gasteiger charge is 2.42. The fraction of sp³-hybridized carbons (Fsp3) is 0.273. The molecule has 0 fully saturated rings. The number of imide groups is 1. The smallest absolute Gasteiger partial charge is 0.411 e. The number of fused-ring (bicyclic) bond motifs is 1. The topological polar surface area (TPSA) is 93.2 Å². The van der Waals surface area contributed by atoms with Crippen molar-refractivity contribution in [2.75, 3.05) is 7.05 Å². The third-order valence-electron chi connectivity index (χ3n) is 4.51. The van der Waals surface area contributed by atoms with E-state index in [4.69, 9.17) is 32.8 Å². The van der Waals surface area contributed by atoms with Crippen molar-refractivity contribution in [2.24, 2.45) is 0 Å². The Balaban J connectivity index is 1.96. The molecule has 0 bridgehead atoms. The molecule has 0 spiro atoms. The van der Waals surface area contributed by atoms with E-state index in [2.05, 4.69) is 0 Å². The van der Waals surface area contributed by atoms with Crippen LogP contribution >= 0.6 is 23.2 Å². The largest absolute Gasteiger partial charge is 0.444 e. The maximum absolute atomic E-state index is 13.2. The number of hydroxylamine groups is 2. The van der Waals surface area contributed by atoms with Gasteiger partial charge in [0.15, 0.2) is 6.04 Å². The first kappa shape index (κ1) is 23.6. The number of carbonyl (C=O) groups excluding carboxylic acids is 4. The molecule has 0 saturated heterocycles. The van der Waals surface area contributed by atoms with E-state index in [-0.39, 0.29) is 26.7 Å². The normalized spacial score (nSPS) is 14.1. The number of benzene rings is 2. The minimum atomic E-state index is -1.46. The number of hydrogen-bond donors (Lipinski definition) is 0. The first-order valence-electron chi connectivity index (χ1n) is 9.51. The SMILES string of the molecule is CN(C(=O)OC(C)(C)C)C(C(=O)ON1C(=O)c2ccccc2C1=O)c1cccc(Cl)c1Cl. The Morgan fingerprint density at radius 2 is 1.53 bits per heavy atom. The second kappa shape index (κ2) is 8.80. The number of rotatable bonds is 4. The summed E-state index contributed by atoms with van der Waals surface area (Å²) >= 11 is 12.4. The Morgan fingerprint density at radius 1 is 0.969 bits per heavy atom. The van der Waals surface area contributed by atoms with Crippen molar-refractivity contribution in [3.8, 4) is 0 Å². The van der Waals surface area contributed by atoms with Crippen LogP contribution in [0.5, 0.6) is 0 Å². The number of ether oxygens (including phenoxy) is 1. The first-order chi connectivity index (χ1) is 14.9. The summed E-state index contributed by atoms with van der Waals surface area (Å²) in [5, 5.41) is 0.510. The predicted molar refractivity (Wildman–Crippen MR) is 116 cm³/mol. The summed E-state index contributed by atoms with van der Waals surface area (Å²) in [5.74, 6) is -2.69. The summed E-state index contributed by atoms with van der Waals surface area (Å²) in [6, 6.07) is 9.12. The summed E-state index contributed by atoms with van der Waals surface area (Å²) in [6.07, 6.45) is -0.849. The number of nitrogens with zero attached hydrogens (tertiary/aromatic N) is 2. The van der Waals surface area contributed by atoms with Crippen LogP contribution in [0.2, 0.25) is 10.0 Å². The molecule has 1 heterocycles. The molecule has 3 amide bonds. The van der Waals surface area contributed by atoms with E-state index < -0.39 is 35.5 Å². The lowest BCUT2D eigenvalue weighted by atomic mass is 10.1.